The van der Waals surface area contributed by atoms with E-state index in [1.807, 2.05) is 0 Å². The quantitative estimate of drug-likeness (QED) is 0.460. The first kappa shape index (κ1) is 14.1. The first-order valence-corrected chi connectivity index (χ1v) is 6.15. The van der Waals surface area contributed by atoms with Crippen LogP contribution >= 0.6 is 8.17 Å². The molecule has 10 heteroatoms. The van der Waals surface area contributed by atoms with Gasteiger partial charge in [-0.25, -0.2) is 0 Å². The second kappa shape index (κ2) is 5.61. The SMILES string of the molecule is CO[PH](O)(O)OCC1OCC2ONOC12.N. The molecule has 2 heterocycles. The summed E-state index contributed by atoms with van der Waals surface area (Å²) < 4.78 is 14.5. The predicted octanol–water partition coefficient (Wildman–Crippen LogP) is -1.19. The van der Waals surface area contributed by atoms with Gasteiger partial charge in [-0.2, -0.15) is 0 Å². The number of hydrogen-bond acceptors (Lipinski definition) is 9. The van der Waals surface area contributed by atoms with Gasteiger partial charge in [-0.1, -0.05) is 0 Å². The van der Waals surface area contributed by atoms with Gasteiger partial charge in [-0.05, 0) is 0 Å². The molecule has 2 aliphatic heterocycles. The van der Waals surface area contributed by atoms with E-state index in [0.717, 1.165) is 0 Å². The third-order valence-electron chi connectivity index (χ3n) is 2.29. The van der Waals surface area contributed by atoms with Gasteiger partial charge in [0.25, 0.3) is 0 Å². The first-order valence-electron chi connectivity index (χ1n) is 4.44. The van der Waals surface area contributed by atoms with E-state index in [-0.39, 0.29) is 25.0 Å². The zero-order valence-corrected chi connectivity index (χ0v) is 9.79. The van der Waals surface area contributed by atoms with Crippen molar-refractivity contribution in [2.24, 2.45) is 0 Å². The zero-order valence-electron chi connectivity index (χ0n) is 8.79. The summed E-state index contributed by atoms with van der Waals surface area (Å²) in [5.74, 6) is 0. The Labute approximate surface area is 92.7 Å². The maximum absolute atomic E-state index is 9.13. The topological polar surface area (TPSA) is 134 Å². The molecule has 0 aromatic rings. The molecule has 3 unspecified atom stereocenters. The standard InChI is InChI=1S/C6H14NO7P.H3N/c1-10-15(8,9)12-3-4-6-5(2-11-4)13-7-14-6;/h4-9,15H,2-3H2,1H3;1H3. The van der Waals surface area contributed by atoms with Gasteiger partial charge in [0.1, 0.15) is 0 Å². The molecule has 0 bridgehead atoms. The number of rotatable bonds is 4. The average Bonchev–Trinajstić information content (AvgIpc) is 2.77. The van der Waals surface area contributed by atoms with E-state index in [1.165, 1.54) is 7.11 Å². The monoisotopic (exact) mass is 260 g/mol. The van der Waals surface area contributed by atoms with E-state index in [9.17, 15) is 0 Å². The Morgan fingerprint density at radius 3 is 2.88 bits per heavy atom. The predicted molar refractivity (Wildman–Crippen MR) is 53.4 cm³/mol. The van der Waals surface area contributed by atoms with E-state index in [2.05, 4.69) is 10.2 Å². The molecule has 6 N–H and O–H groups in total. The third-order valence-corrected chi connectivity index (χ3v) is 3.37. The van der Waals surface area contributed by atoms with E-state index in [1.54, 1.807) is 0 Å². The molecule has 98 valence electrons. The van der Waals surface area contributed by atoms with Crippen LogP contribution < -0.4 is 11.8 Å². The Morgan fingerprint density at radius 1 is 1.44 bits per heavy atom. The van der Waals surface area contributed by atoms with Crippen LogP contribution in [0.15, 0.2) is 0 Å². The van der Waals surface area contributed by atoms with E-state index >= 15 is 0 Å². The fourth-order valence-corrected chi connectivity index (χ4v) is 1.94. The number of ether oxygens (including phenoxy) is 1. The smallest absolute Gasteiger partial charge is 0.344 e. The van der Waals surface area contributed by atoms with Crippen molar-refractivity contribution in [3.8, 4) is 0 Å². The first-order chi connectivity index (χ1) is 7.12. The molecule has 2 fully saturated rings. The summed E-state index contributed by atoms with van der Waals surface area (Å²) in [4.78, 5) is 28.3. The van der Waals surface area contributed by atoms with Gasteiger partial charge in [0.15, 0.2) is 0 Å². The minimum absolute atomic E-state index is 0. The Hall–Kier alpha value is 0.0700. The molecular formula is C6H17N2O7P. The van der Waals surface area contributed by atoms with Crippen molar-refractivity contribution in [2.75, 3.05) is 20.3 Å². The molecule has 0 saturated carbocycles. The molecule has 0 spiro atoms. The van der Waals surface area contributed by atoms with Crippen LogP contribution in [0.2, 0.25) is 0 Å². The summed E-state index contributed by atoms with van der Waals surface area (Å²) in [7, 11) is -2.82. The van der Waals surface area contributed by atoms with Crippen LogP contribution in [-0.2, 0) is 23.5 Å². The van der Waals surface area contributed by atoms with Crippen LogP contribution in [0.1, 0.15) is 0 Å². The van der Waals surface area contributed by atoms with Crippen LogP contribution in [0.25, 0.3) is 0 Å². The van der Waals surface area contributed by atoms with Gasteiger partial charge >= 0.3 is 85.7 Å². The summed E-state index contributed by atoms with van der Waals surface area (Å²) in [5.41, 5.74) is 2.28. The third kappa shape index (κ3) is 3.05. The van der Waals surface area contributed by atoms with Crippen molar-refractivity contribution >= 4 is 8.17 Å². The minimum atomic E-state index is -3.99. The largest absolute Gasteiger partial charge is 0.344 e. The van der Waals surface area contributed by atoms with Gasteiger partial charge in [-0.15, -0.1) is 0 Å². The van der Waals surface area contributed by atoms with Crippen LogP contribution in [0.3, 0.4) is 0 Å². The van der Waals surface area contributed by atoms with Crippen LogP contribution in [-0.4, -0.2) is 48.4 Å². The second-order valence-electron chi connectivity index (χ2n) is 3.26. The van der Waals surface area contributed by atoms with E-state index in [0.29, 0.717) is 6.61 Å². The Morgan fingerprint density at radius 2 is 2.19 bits per heavy atom. The maximum Gasteiger partial charge on any atom is -0.344 e. The van der Waals surface area contributed by atoms with Crippen molar-refractivity contribution in [1.29, 1.82) is 0 Å². The molecule has 16 heavy (non-hydrogen) atoms. The minimum Gasteiger partial charge on any atom is -0.344 e. The normalized spacial score (nSPS) is 34.6. The van der Waals surface area contributed by atoms with Crippen LogP contribution in [0.5, 0.6) is 0 Å². The fraction of sp³-hybridized carbons (Fsp3) is 1.00. The fourth-order valence-electron chi connectivity index (χ4n) is 1.44. The van der Waals surface area contributed by atoms with Crippen molar-refractivity contribution in [3.05, 3.63) is 0 Å². The maximum atomic E-state index is 9.13. The van der Waals surface area contributed by atoms with Gasteiger partial charge in [0, 0.05) is 0 Å². The van der Waals surface area contributed by atoms with Crippen LogP contribution in [0.4, 0.5) is 0 Å². The van der Waals surface area contributed by atoms with Crippen molar-refractivity contribution in [3.63, 3.8) is 0 Å². The van der Waals surface area contributed by atoms with E-state index < -0.39 is 14.3 Å². The molecular weight excluding hydrogens is 243 g/mol. The van der Waals surface area contributed by atoms with Crippen LogP contribution in [0, 0.1) is 0 Å². The zero-order chi connectivity index (χ0) is 10.9. The number of hydrogen-bond donors (Lipinski definition) is 4. The molecule has 0 aromatic heterocycles. The second-order valence-corrected chi connectivity index (χ2v) is 5.05. The van der Waals surface area contributed by atoms with Crippen molar-refractivity contribution < 1.29 is 33.2 Å². The Kier molecular flexibility index (Phi) is 4.95. The molecule has 3 atom stereocenters. The Balaban J connectivity index is 0.00000128. The van der Waals surface area contributed by atoms with Crippen molar-refractivity contribution in [1.82, 2.24) is 11.8 Å². The summed E-state index contributed by atoms with van der Waals surface area (Å²) in [6.07, 6.45) is -0.882. The van der Waals surface area contributed by atoms with Crippen molar-refractivity contribution in [2.45, 2.75) is 18.3 Å². The van der Waals surface area contributed by atoms with Gasteiger partial charge in [-0.3, -0.25) is 0 Å². The summed E-state index contributed by atoms with van der Waals surface area (Å²) >= 11 is 0. The Bertz CT molecular complexity index is 231. The molecule has 0 radical (unpaired) electrons. The number of fused-ring (bicyclic) bond motifs is 1. The molecule has 9 nitrogen and oxygen atoms in total. The summed E-state index contributed by atoms with van der Waals surface area (Å²) in [6.45, 7) is 0.364. The van der Waals surface area contributed by atoms with Gasteiger partial charge in [0.2, 0.25) is 0 Å². The average molecular weight is 260 g/mol. The molecule has 0 aromatic carbocycles. The molecule has 2 aliphatic rings. The summed E-state index contributed by atoms with van der Waals surface area (Å²) in [5, 5.41) is 0. The molecule has 2 rings (SSSR count). The molecule has 0 aliphatic carbocycles. The summed E-state index contributed by atoms with van der Waals surface area (Å²) in [6, 6.07) is 0. The molecule has 0 amide bonds. The van der Waals surface area contributed by atoms with Gasteiger partial charge in [0.05, 0.1) is 0 Å². The molecule has 2 saturated heterocycles. The van der Waals surface area contributed by atoms with Gasteiger partial charge < -0.3 is 6.15 Å². The number of nitrogens with one attached hydrogen (secondary N) is 1. The van der Waals surface area contributed by atoms with E-state index in [4.69, 9.17) is 28.7 Å².